The lowest BCUT2D eigenvalue weighted by molar-refractivity contribution is 0.300. The minimum atomic E-state index is -0.0734. The van der Waals surface area contributed by atoms with E-state index in [-0.39, 0.29) is 26.4 Å². The van der Waals surface area contributed by atoms with Crippen LogP contribution in [0, 0.1) is 35.5 Å². The van der Waals surface area contributed by atoms with E-state index in [1.54, 1.807) is 0 Å². The number of rotatable bonds is 5. The fraction of sp³-hybridized carbons (Fsp3) is 0.500. The van der Waals surface area contributed by atoms with Crippen LogP contribution in [0.1, 0.15) is 25.7 Å². The molecule has 0 aliphatic heterocycles. The molecule has 0 heterocycles. The van der Waals surface area contributed by atoms with Gasteiger partial charge in [-0.2, -0.15) is 0 Å². The first kappa shape index (κ1) is 18.3. The normalized spacial score (nSPS) is 8.40. The van der Waals surface area contributed by atoms with E-state index >= 15 is 0 Å². The van der Waals surface area contributed by atoms with Crippen LogP contribution in [0.3, 0.4) is 0 Å². The van der Waals surface area contributed by atoms with Gasteiger partial charge in [0, 0.05) is 37.9 Å². The maximum Gasteiger partial charge on any atom is 0.0860 e. The quantitative estimate of drug-likeness (QED) is 0.525. The van der Waals surface area contributed by atoms with Crippen molar-refractivity contribution in [3.8, 4) is 35.5 Å². The third kappa shape index (κ3) is 9.22. The van der Waals surface area contributed by atoms with Gasteiger partial charge in [0.25, 0.3) is 0 Å². The Morgan fingerprint density at radius 2 is 1.05 bits per heavy atom. The highest BCUT2D eigenvalue weighted by Crippen LogP contribution is 2.07. The summed E-state index contributed by atoms with van der Waals surface area (Å²) in [5, 5.41) is 35.2. The second-order valence-corrected chi connectivity index (χ2v) is 3.65. The third-order valence-electron chi connectivity index (χ3n) is 2.04. The Morgan fingerprint density at radius 3 is 1.45 bits per heavy atom. The molecule has 0 aliphatic carbocycles. The molecular weight excluding hydrogens is 256 g/mol. The summed E-state index contributed by atoms with van der Waals surface area (Å²) < 4.78 is 0. The molecule has 0 unspecified atom stereocenters. The Balaban J connectivity index is 5.35. The van der Waals surface area contributed by atoms with Crippen molar-refractivity contribution >= 4 is 0 Å². The van der Waals surface area contributed by atoms with Crippen LogP contribution in [0.15, 0.2) is 11.1 Å². The maximum atomic E-state index is 9.06. The zero-order valence-electron chi connectivity index (χ0n) is 11.4. The average molecular weight is 276 g/mol. The summed E-state index contributed by atoms with van der Waals surface area (Å²) in [6.45, 7) is -0.164. The molecule has 0 rings (SSSR count). The first-order chi connectivity index (χ1) is 9.79. The molecule has 0 fully saturated rings. The van der Waals surface area contributed by atoms with Gasteiger partial charge >= 0.3 is 0 Å². The van der Waals surface area contributed by atoms with Crippen LogP contribution in [-0.2, 0) is 0 Å². The van der Waals surface area contributed by atoms with Crippen LogP contribution in [0.5, 0.6) is 0 Å². The van der Waals surface area contributed by atoms with Gasteiger partial charge in [-0.1, -0.05) is 35.5 Å². The Hall–Kier alpha value is -1.74. The predicted octanol–water partition coefficient (Wildman–Crippen LogP) is -0.177. The number of allylic oxidation sites excluding steroid dienone is 1. The topological polar surface area (TPSA) is 80.9 Å². The highest BCUT2D eigenvalue weighted by atomic mass is 16.3. The SMILES string of the molecule is OCCC#CC(C#CCCO)=C(C#CCCO)CCO. The van der Waals surface area contributed by atoms with Gasteiger partial charge in [-0.15, -0.1) is 0 Å². The van der Waals surface area contributed by atoms with Crippen LogP contribution >= 0.6 is 0 Å². The number of aliphatic hydroxyl groups is 4. The van der Waals surface area contributed by atoms with Gasteiger partial charge in [0.1, 0.15) is 0 Å². The molecule has 108 valence electrons. The Kier molecular flexibility index (Phi) is 12.5. The Labute approximate surface area is 120 Å². The highest BCUT2D eigenvalue weighted by Gasteiger charge is 1.99. The summed E-state index contributed by atoms with van der Waals surface area (Å²) in [7, 11) is 0. The molecule has 0 aliphatic rings. The minimum absolute atomic E-state index is 0.0267. The monoisotopic (exact) mass is 276 g/mol. The fourth-order valence-electron chi connectivity index (χ4n) is 1.18. The second-order valence-electron chi connectivity index (χ2n) is 3.65. The summed E-state index contributed by atoms with van der Waals surface area (Å²) in [6.07, 6.45) is 1.34. The van der Waals surface area contributed by atoms with Crippen molar-refractivity contribution in [2.24, 2.45) is 0 Å². The smallest absolute Gasteiger partial charge is 0.0860 e. The van der Waals surface area contributed by atoms with E-state index in [0.717, 1.165) is 0 Å². The molecule has 20 heavy (non-hydrogen) atoms. The molecule has 0 amide bonds. The molecular formula is C16H20O4. The van der Waals surface area contributed by atoms with Gasteiger partial charge in [0.2, 0.25) is 0 Å². The summed E-state index contributed by atoms with van der Waals surface area (Å²) in [6, 6.07) is 0. The molecule has 4 nitrogen and oxygen atoms in total. The maximum absolute atomic E-state index is 9.06. The van der Waals surface area contributed by atoms with E-state index < -0.39 is 0 Å². The van der Waals surface area contributed by atoms with E-state index in [0.29, 0.717) is 36.8 Å². The van der Waals surface area contributed by atoms with Crippen LogP contribution in [0.25, 0.3) is 0 Å². The number of hydrogen-bond acceptors (Lipinski definition) is 4. The van der Waals surface area contributed by atoms with E-state index in [2.05, 4.69) is 35.5 Å². The second kappa shape index (κ2) is 13.7. The summed E-state index contributed by atoms with van der Waals surface area (Å²) in [4.78, 5) is 0. The largest absolute Gasteiger partial charge is 0.396 e. The zero-order chi connectivity index (χ0) is 15.1. The minimum Gasteiger partial charge on any atom is -0.396 e. The van der Waals surface area contributed by atoms with Crippen molar-refractivity contribution in [1.29, 1.82) is 0 Å². The first-order valence-corrected chi connectivity index (χ1v) is 6.43. The average Bonchev–Trinajstić information content (AvgIpc) is 2.45. The molecule has 0 aromatic carbocycles. The molecule has 0 saturated heterocycles. The molecule has 4 heteroatoms. The van der Waals surface area contributed by atoms with E-state index in [9.17, 15) is 0 Å². The molecule has 4 N–H and O–H groups in total. The predicted molar refractivity (Wildman–Crippen MR) is 77.2 cm³/mol. The number of hydrogen-bond donors (Lipinski definition) is 4. The highest BCUT2D eigenvalue weighted by molar-refractivity contribution is 5.53. The zero-order valence-corrected chi connectivity index (χ0v) is 11.4. The summed E-state index contributed by atoms with van der Waals surface area (Å²) in [5.74, 6) is 16.8. The van der Waals surface area contributed by atoms with Crippen molar-refractivity contribution in [2.45, 2.75) is 25.7 Å². The molecule has 0 radical (unpaired) electrons. The van der Waals surface area contributed by atoms with Gasteiger partial charge in [-0.3, -0.25) is 0 Å². The van der Waals surface area contributed by atoms with E-state index in [1.165, 1.54) is 0 Å². The van der Waals surface area contributed by atoms with Gasteiger partial charge in [0.05, 0.1) is 25.4 Å². The third-order valence-corrected chi connectivity index (χ3v) is 2.04. The fourth-order valence-corrected chi connectivity index (χ4v) is 1.18. The summed E-state index contributed by atoms with van der Waals surface area (Å²) >= 11 is 0. The molecule has 0 spiro atoms. The lowest BCUT2D eigenvalue weighted by Gasteiger charge is -1.98. The van der Waals surface area contributed by atoms with Crippen LogP contribution in [-0.4, -0.2) is 46.9 Å². The molecule has 0 bridgehead atoms. The van der Waals surface area contributed by atoms with Crippen molar-refractivity contribution in [2.75, 3.05) is 26.4 Å². The lowest BCUT2D eigenvalue weighted by atomic mass is 10.1. The van der Waals surface area contributed by atoms with Crippen LogP contribution in [0.4, 0.5) is 0 Å². The molecule has 0 aromatic rings. The van der Waals surface area contributed by atoms with Crippen LogP contribution < -0.4 is 0 Å². The standard InChI is InChI=1S/C16H20O4/c17-11-4-1-7-15(8-2-5-12-18)16(10-14-20)9-3-6-13-19/h17-20H,4-6,10-14H2. The van der Waals surface area contributed by atoms with Gasteiger partial charge in [0.15, 0.2) is 0 Å². The number of aliphatic hydroxyl groups excluding tert-OH is 4. The van der Waals surface area contributed by atoms with Crippen molar-refractivity contribution < 1.29 is 20.4 Å². The van der Waals surface area contributed by atoms with Crippen molar-refractivity contribution in [1.82, 2.24) is 0 Å². The van der Waals surface area contributed by atoms with Gasteiger partial charge < -0.3 is 20.4 Å². The molecule has 0 aromatic heterocycles. The van der Waals surface area contributed by atoms with Crippen LogP contribution in [0.2, 0.25) is 0 Å². The van der Waals surface area contributed by atoms with Gasteiger partial charge in [-0.05, 0) is 0 Å². The molecule has 0 atom stereocenters. The first-order valence-electron chi connectivity index (χ1n) is 6.43. The van der Waals surface area contributed by atoms with E-state index in [1.807, 2.05) is 0 Å². The van der Waals surface area contributed by atoms with Crippen molar-refractivity contribution in [3.05, 3.63) is 11.1 Å². The van der Waals surface area contributed by atoms with E-state index in [4.69, 9.17) is 20.4 Å². The Morgan fingerprint density at radius 1 is 0.600 bits per heavy atom. The lowest BCUT2D eigenvalue weighted by Crippen LogP contribution is -1.92. The van der Waals surface area contributed by atoms with Gasteiger partial charge in [-0.25, -0.2) is 0 Å². The summed E-state index contributed by atoms with van der Waals surface area (Å²) in [5.41, 5.74) is 1.10. The van der Waals surface area contributed by atoms with Crippen molar-refractivity contribution in [3.63, 3.8) is 0 Å². The Bertz CT molecular complexity index is 446. The molecule has 0 saturated carbocycles.